The van der Waals surface area contributed by atoms with Crippen LogP contribution in [0.2, 0.25) is 0 Å². The summed E-state index contributed by atoms with van der Waals surface area (Å²) in [6.07, 6.45) is 2.69. The molecule has 5 nitrogen and oxygen atoms in total. The van der Waals surface area contributed by atoms with Gasteiger partial charge in [-0.3, -0.25) is 4.79 Å². The summed E-state index contributed by atoms with van der Waals surface area (Å²) in [6, 6.07) is 11.2. The van der Waals surface area contributed by atoms with E-state index in [1.54, 1.807) is 24.3 Å². The van der Waals surface area contributed by atoms with Gasteiger partial charge in [0, 0.05) is 18.4 Å². The molecule has 1 atom stereocenters. The van der Waals surface area contributed by atoms with Gasteiger partial charge in [-0.15, -0.1) is 0 Å². The standard InChI is InChI=1S/C16H17NO4/c1-12(18)20-10-15(19)21-16(11-17,14-8-5-9-14)13-6-3-2-4-7-13/h2-4,6-7,14H,5,8-10H2,1H3/t16-/m1/s1. The molecule has 0 unspecified atom stereocenters. The molecule has 0 spiro atoms. The molecule has 2 rings (SSSR count). The zero-order valence-corrected chi connectivity index (χ0v) is 11.9. The first kappa shape index (κ1) is 15.0. The molecular formula is C16H17NO4. The normalized spacial score (nSPS) is 17.0. The molecule has 1 aromatic carbocycles. The molecular weight excluding hydrogens is 270 g/mol. The molecule has 0 amide bonds. The summed E-state index contributed by atoms with van der Waals surface area (Å²) in [5.41, 5.74) is -0.634. The number of hydrogen-bond acceptors (Lipinski definition) is 5. The van der Waals surface area contributed by atoms with E-state index < -0.39 is 24.1 Å². The van der Waals surface area contributed by atoms with Gasteiger partial charge in [-0.2, -0.15) is 5.26 Å². The largest absolute Gasteiger partial charge is 0.454 e. The van der Waals surface area contributed by atoms with Crippen molar-refractivity contribution in [3.63, 3.8) is 0 Å². The van der Waals surface area contributed by atoms with Crippen LogP contribution in [0.5, 0.6) is 0 Å². The number of carbonyl (C=O) groups is 2. The first-order valence-corrected chi connectivity index (χ1v) is 6.90. The van der Waals surface area contributed by atoms with Crippen molar-refractivity contribution in [2.75, 3.05) is 6.61 Å². The van der Waals surface area contributed by atoms with E-state index in [-0.39, 0.29) is 5.92 Å². The van der Waals surface area contributed by atoms with Crippen LogP contribution >= 0.6 is 0 Å². The zero-order valence-electron chi connectivity index (χ0n) is 11.9. The Hall–Kier alpha value is -2.35. The fourth-order valence-corrected chi connectivity index (χ4v) is 2.43. The van der Waals surface area contributed by atoms with Gasteiger partial charge in [0.15, 0.2) is 6.61 Å². The third-order valence-electron chi connectivity index (χ3n) is 3.72. The van der Waals surface area contributed by atoms with Crippen molar-refractivity contribution in [1.29, 1.82) is 5.26 Å². The highest BCUT2D eigenvalue weighted by atomic mass is 16.6. The number of esters is 2. The Kier molecular flexibility index (Phi) is 4.59. The minimum Gasteiger partial charge on any atom is -0.454 e. The second-order valence-electron chi connectivity index (χ2n) is 5.10. The van der Waals surface area contributed by atoms with E-state index >= 15 is 0 Å². The van der Waals surface area contributed by atoms with Crippen molar-refractivity contribution in [1.82, 2.24) is 0 Å². The molecule has 0 aromatic heterocycles. The number of rotatable bonds is 5. The molecule has 0 bridgehead atoms. The summed E-state index contributed by atoms with van der Waals surface area (Å²) >= 11 is 0. The van der Waals surface area contributed by atoms with Gasteiger partial charge >= 0.3 is 11.9 Å². The Morgan fingerprint density at radius 3 is 2.48 bits per heavy atom. The van der Waals surface area contributed by atoms with Crippen LogP contribution in [-0.4, -0.2) is 18.5 Å². The van der Waals surface area contributed by atoms with Crippen molar-refractivity contribution in [2.45, 2.75) is 31.8 Å². The second kappa shape index (κ2) is 6.40. The van der Waals surface area contributed by atoms with Gasteiger partial charge in [-0.05, 0) is 12.8 Å². The molecule has 0 radical (unpaired) electrons. The van der Waals surface area contributed by atoms with Crippen molar-refractivity contribution >= 4 is 11.9 Å². The number of benzene rings is 1. The molecule has 21 heavy (non-hydrogen) atoms. The van der Waals surface area contributed by atoms with Crippen molar-refractivity contribution in [2.24, 2.45) is 5.92 Å². The van der Waals surface area contributed by atoms with Crippen LogP contribution in [0.25, 0.3) is 0 Å². The summed E-state index contributed by atoms with van der Waals surface area (Å²) in [4.78, 5) is 22.6. The molecule has 1 fully saturated rings. The van der Waals surface area contributed by atoms with E-state index in [4.69, 9.17) is 4.74 Å². The van der Waals surface area contributed by atoms with Gasteiger partial charge in [-0.1, -0.05) is 36.8 Å². The summed E-state index contributed by atoms with van der Waals surface area (Å²) < 4.78 is 10.1. The number of carbonyl (C=O) groups excluding carboxylic acids is 2. The first-order valence-electron chi connectivity index (χ1n) is 6.90. The van der Waals surface area contributed by atoms with Gasteiger partial charge in [0.2, 0.25) is 5.60 Å². The number of nitriles is 1. The third kappa shape index (κ3) is 3.22. The van der Waals surface area contributed by atoms with Crippen LogP contribution < -0.4 is 0 Å². The Balaban J connectivity index is 2.22. The topological polar surface area (TPSA) is 76.4 Å². The summed E-state index contributed by atoms with van der Waals surface area (Å²) in [5.74, 6) is -1.29. The molecule has 0 N–H and O–H groups in total. The molecule has 1 aliphatic rings. The van der Waals surface area contributed by atoms with Gasteiger partial charge in [0.1, 0.15) is 6.07 Å². The van der Waals surface area contributed by atoms with Gasteiger partial charge in [-0.25, -0.2) is 4.79 Å². The number of hydrogen-bond donors (Lipinski definition) is 0. The zero-order chi connectivity index (χ0) is 15.3. The van der Waals surface area contributed by atoms with Crippen LogP contribution in [0, 0.1) is 17.2 Å². The lowest BCUT2D eigenvalue weighted by Gasteiger charge is -2.39. The Morgan fingerprint density at radius 1 is 1.33 bits per heavy atom. The summed E-state index contributed by atoms with van der Waals surface area (Å²) in [5, 5.41) is 9.66. The van der Waals surface area contributed by atoms with E-state index in [0.29, 0.717) is 5.56 Å². The fraction of sp³-hybridized carbons (Fsp3) is 0.438. The second-order valence-corrected chi connectivity index (χ2v) is 5.10. The Morgan fingerprint density at radius 2 is 2.00 bits per heavy atom. The highest BCUT2D eigenvalue weighted by Gasteiger charge is 2.47. The first-order chi connectivity index (χ1) is 10.1. The Bertz CT molecular complexity index is 559. The monoisotopic (exact) mass is 287 g/mol. The smallest absolute Gasteiger partial charge is 0.346 e. The number of nitrogens with zero attached hydrogens (tertiary/aromatic N) is 1. The van der Waals surface area contributed by atoms with Gasteiger partial charge in [0.05, 0.1) is 0 Å². The molecule has 1 aliphatic carbocycles. The quantitative estimate of drug-likeness (QED) is 0.777. The maximum atomic E-state index is 11.9. The lowest BCUT2D eigenvalue weighted by Crippen LogP contribution is -2.43. The maximum Gasteiger partial charge on any atom is 0.346 e. The lowest BCUT2D eigenvalue weighted by molar-refractivity contribution is -0.172. The average Bonchev–Trinajstić information content (AvgIpc) is 2.43. The maximum absolute atomic E-state index is 11.9. The van der Waals surface area contributed by atoms with Crippen molar-refractivity contribution in [3.8, 4) is 6.07 Å². The SMILES string of the molecule is CC(=O)OCC(=O)O[C@](C#N)(c1ccccc1)C1CCC1. The lowest BCUT2D eigenvalue weighted by atomic mass is 9.70. The number of ether oxygens (including phenoxy) is 2. The van der Waals surface area contributed by atoms with E-state index in [2.05, 4.69) is 10.8 Å². The van der Waals surface area contributed by atoms with E-state index in [9.17, 15) is 14.9 Å². The Labute approximate surface area is 123 Å². The van der Waals surface area contributed by atoms with E-state index in [0.717, 1.165) is 19.3 Å². The van der Waals surface area contributed by atoms with Gasteiger partial charge in [0.25, 0.3) is 0 Å². The predicted molar refractivity (Wildman–Crippen MR) is 73.8 cm³/mol. The predicted octanol–water partition coefficient (Wildman–Crippen LogP) is 2.31. The molecule has 1 saturated carbocycles. The highest BCUT2D eigenvalue weighted by molar-refractivity contribution is 5.76. The third-order valence-corrected chi connectivity index (χ3v) is 3.72. The molecule has 0 aliphatic heterocycles. The van der Waals surface area contributed by atoms with Crippen LogP contribution in [-0.2, 0) is 24.7 Å². The molecule has 5 heteroatoms. The average molecular weight is 287 g/mol. The van der Waals surface area contributed by atoms with Crippen LogP contribution in [0.15, 0.2) is 30.3 Å². The van der Waals surface area contributed by atoms with Crippen LogP contribution in [0.1, 0.15) is 31.7 Å². The minimum absolute atomic E-state index is 0.0221. The minimum atomic E-state index is -1.29. The molecule has 0 saturated heterocycles. The highest BCUT2D eigenvalue weighted by Crippen LogP contribution is 2.44. The fourth-order valence-electron chi connectivity index (χ4n) is 2.43. The van der Waals surface area contributed by atoms with Crippen molar-refractivity contribution in [3.05, 3.63) is 35.9 Å². The summed E-state index contributed by atoms with van der Waals surface area (Å²) in [7, 11) is 0. The van der Waals surface area contributed by atoms with Gasteiger partial charge < -0.3 is 9.47 Å². The van der Waals surface area contributed by atoms with E-state index in [1.807, 2.05) is 6.07 Å². The molecule has 110 valence electrons. The molecule has 0 heterocycles. The van der Waals surface area contributed by atoms with Crippen LogP contribution in [0.3, 0.4) is 0 Å². The van der Waals surface area contributed by atoms with Crippen molar-refractivity contribution < 1.29 is 19.1 Å². The van der Waals surface area contributed by atoms with Crippen LogP contribution in [0.4, 0.5) is 0 Å². The van der Waals surface area contributed by atoms with E-state index in [1.165, 1.54) is 6.92 Å². The molecule has 1 aromatic rings. The summed E-state index contributed by atoms with van der Waals surface area (Å²) in [6.45, 7) is 0.742.